The zero-order valence-corrected chi connectivity index (χ0v) is 17.5. The lowest BCUT2D eigenvalue weighted by molar-refractivity contribution is -0.119. The molecular weight excluding hydrogens is 364 g/mol. The van der Waals surface area contributed by atoms with E-state index in [1.165, 1.54) is 31.0 Å². The van der Waals surface area contributed by atoms with Gasteiger partial charge in [-0.15, -0.1) is 0 Å². The number of aryl methyl sites for hydroxylation is 1. The van der Waals surface area contributed by atoms with Crippen LogP contribution in [0.4, 0.5) is 5.69 Å². The maximum Gasteiger partial charge on any atom is 0.217 e. The van der Waals surface area contributed by atoms with Gasteiger partial charge in [-0.05, 0) is 68.1 Å². The number of hydrogen-bond donors (Lipinski definition) is 1. The number of rotatable bonds is 7. The highest BCUT2D eigenvalue weighted by Crippen LogP contribution is 2.32. The Morgan fingerprint density at radius 2 is 1.72 bits per heavy atom. The maximum atomic E-state index is 11.2. The normalized spacial score (nSPS) is 19.7. The monoisotopic (exact) mass is 394 g/mol. The van der Waals surface area contributed by atoms with E-state index in [4.69, 9.17) is 9.47 Å². The minimum Gasteiger partial charge on any atom is -0.490 e. The van der Waals surface area contributed by atoms with Crippen LogP contribution in [0.25, 0.3) is 0 Å². The third kappa shape index (κ3) is 5.03. The molecule has 1 amide bonds. The molecule has 0 radical (unpaired) electrons. The summed E-state index contributed by atoms with van der Waals surface area (Å²) in [6.07, 6.45) is 3.97. The minimum absolute atomic E-state index is 0.00152. The van der Waals surface area contributed by atoms with Gasteiger partial charge in [-0.2, -0.15) is 0 Å². The van der Waals surface area contributed by atoms with Crippen LogP contribution >= 0.6 is 0 Å². The largest absolute Gasteiger partial charge is 0.490 e. The number of carbonyl (C=O) groups excluding carboxylic acids is 1. The molecule has 4 rings (SSSR count). The number of nitrogens with zero attached hydrogens (tertiary/aromatic N) is 1. The second-order valence-electron chi connectivity index (χ2n) is 8.23. The third-order valence-electron chi connectivity index (χ3n) is 5.58. The summed E-state index contributed by atoms with van der Waals surface area (Å²) in [5, 5.41) is 2.90. The van der Waals surface area contributed by atoms with Gasteiger partial charge in [0.25, 0.3) is 0 Å². The fourth-order valence-corrected chi connectivity index (χ4v) is 3.89. The van der Waals surface area contributed by atoms with Gasteiger partial charge in [0.15, 0.2) is 0 Å². The van der Waals surface area contributed by atoms with Crippen molar-refractivity contribution in [3.05, 3.63) is 53.6 Å². The predicted octanol–water partition coefficient (Wildman–Crippen LogP) is 4.39. The second-order valence-corrected chi connectivity index (χ2v) is 8.23. The lowest BCUT2D eigenvalue weighted by Crippen LogP contribution is -2.25. The molecule has 2 aromatic rings. The van der Waals surface area contributed by atoms with E-state index in [0.717, 1.165) is 36.6 Å². The average molecular weight is 395 g/mol. The molecule has 1 heterocycles. The first-order chi connectivity index (χ1) is 14.0. The molecule has 1 N–H and O–H groups in total. The van der Waals surface area contributed by atoms with Crippen molar-refractivity contribution < 1.29 is 14.3 Å². The predicted molar refractivity (Wildman–Crippen MR) is 115 cm³/mol. The molecule has 5 heteroatoms. The quantitative estimate of drug-likeness (QED) is 0.757. The standard InChI is InChI=1S/C24H30N2O3/c1-16-14-22(28-21-8-9-21)10-11-24(16)26-13-12-23(15-26)29-20-6-4-19(5-7-20)17(2)25-18(3)27/h4-7,10-11,14,17,21,23H,8-9,12-13,15H2,1-3H3,(H,25,27)/t17-,23+/m0/s1. The van der Waals surface area contributed by atoms with Crippen molar-refractivity contribution >= 4 is 11.6 Å². The van der Waals surface area contributed by atoms with Crippen LogP contribution in [0.1, 0.15) is 50.3 Å². The Hall–Kier alpha value is -2.69. The van der Waals surface area contributed by atoms with Gasteiger partial charge < -0.3 is 19.7 Å². The molecule has 0 spiro atoms. The van der Waals surface area contributed by atoms with Crippen LogP contribution in [-0.4, -0.2) is 31.2 Å². The van der Waals surface area contributed by atoms with Crippen LogP contribution < -0.4 is 19.7 Å². The van der Waals surface area contributed by atoms with Crippen molar-refractivity contribution in [1.29, 1.82) is 0 Å². The van der Waals surface area contributed by atoms with Crippen molar-refractivity contribution in [2.75, 3.05) is 18.0 Å². The van der Waals surface area contributed by atoms with Crippen molar-refractivity contribution in [2.45, 2.75) is 58.3 Å². The first-order valence-electron chi connectivity index (χ1n) is 10.5. The van der Waals surface area contributed by atoms with Crippen molar-refractivity contribution in [3.8, 4) is 11.5 Å². The van der Waals surface area contributed by atoms with E-state index in [1.807, 2.05) is 31.2 Å². The first-order valence-corrected chi connectivity index (χ1v) is 10.5. The zero-order chi connectivity index (χ0) is 20.4. The number of benzene rings is 2. The van der Waals surface area contributed by atoms with Gasteiger partial charge in [-0.1, -0.05) is 12.1 Å². The summed E-state index contributed by atoms with van der Waals surface area (Å²) >= 11 is 0. The molecule has 2 aromatic carbocycles. The Morgan fingerprint density at radius 1 is 1.03 bits per heavy atom. The molecule has 1 saturated carbocycles. The van der Waals surface area contributed by atoms with E-state index < -0.39 is 0 Å². The Balaban J connectivity index is 1.33. The van der Waals surface area contributed by atoms with Crippen LogP contribution in [0, 0.1) is 6.92 Å². The fraction of sp³-hybridized carbons (Fsp3) is 0.458. The Kier molecular flexibility index (Phi) is 5.65. The molecule has 0 aromatic heterocycles. The lowest BCUT2D eigenvalue weighted by Gasteiger charge is -2.22. The van der Waals surface area contributed by atoms with Crippen molar-refractivity contribution in [3.63, 3.8) is 0 Å². The highest BCUT2D eigenvalue weighted by molar-refractivity contribution is 5.73. The molecular formula is C24H30N2O3. The van der Waals surface area contributed by atoms with Crippen LogP contribution in [0.5, 0.6) is 11.5 Å². The zero-order valence-electron chi connectivity index (χ0n) is 17.5. The smallest absolute Gasteiger partial charge is 0.217 e. The number of carbonyl (C=O) groups is 1. The summed E-state index contributed by atoms with van der Waals surface area (Å²) in [6.45, 7) is 7.54. The topological polar surface area (TPSA) is 50.8 Å². The summed E-state index contributed by atoms with van der Waals surface area (Å²) in [6, 6.07) is 14.4. The Morgan fingerprint density at radius 3 is 2.38 bits per heavy atom. The molecule has 5 nitrogen and oxygen atoms in total. The maximum absolute atomic E-state index is 11.2. The molecule has 2 aliphatic rings. The molecule has 2 fully saturated rings. The molecule has 154 valence electrons. The highest BCUT2D eigenvalue weighted by atomic mass is 16.5. The van der Waals surface area contributed by atoms with E-state index in [0.29, 0.717) is 6.10 Å². The van der Waals surface area contributed by atoms with Crippen LogP contribution in [0.2, 0.25) is 0 Å². The Labute approximate surface area is 173 Å². The van der Waals surface area contributed by atoms with Gasteiger partial charge in [-0.25, -0.2) is 0 Å². The summed E-state index contributed by atoms with van der Waals surface area (Å²) < 4.78 is 12.1. The second kappa shape index (κ2) is 8.36. The SMILES string of the molecule is CC(=O)N[C@@H](C)c1ccc(O[C@@H]2CCN(c3ccc(OC4CC4)cc3C)C2)cc1. The van der Waals surface area contributed by atoms with Crippen molar-refractivity contribution in [1.82, 2.24) is 5.32 Å². The third-order valence-corrected chi connectivity index (χ3v) is 5.58. The van der Waals surface area contributed by atoms with Crippen molar-refractivity contribution in [2.24, 2.45) is 0 Å². The summed E-state index contributed by atoms with van der Waals surface area (Å²) in [5.74, 6) is 1.83. The number of nitrogens with one attached hydrogen (secondary N) is 1. The first kappa shape index (κ1) is 19.6. The van der Waals surface area contributed by atoms with E-state index in [1.54, 1.807) is 0 Å². The van der Waals surface area contributed by atoms with Gasteiger partial charge in [-0.3, -0.25) is 4.79 Å². The molecule has 29 heavy (non-hydrogen) atoms. The summed E-state index contributed by atoms with van der Waals surface area (Å²) in [5.41, 5.74) is 3.59. The number of ether oxygens (including phenoxy) is 2. The van der Waals surface area contributed by atoms with Crippen LogP contribution in [0.15, 0.2) is 42.5 Å². The molecule has 1 aliphatic heterocycles. The number of amides is 1. The van der Waals surface area contributed by atoms with Gasteiger partial charge in [0, 0.05) is 25.6 Å². The molecule has 1 saturated heterocycles. The van der Waals surface area contributed by atoms with Crippen LogP contribution in [0.3, 0.4) is 0 Å². The Bertz CT molecular complexity index is 861. The number of hydrogen-bond acceptors (Lipinski definition) is 4. The van der Waals surface area contributed by atoms with Gasteiger partial charge >= 0.3 is 0 Å². The minimum atomic E-state index is -0.0219. The summed E-state index contributed by atoms with van der Waals surface area (Å²) in [7, 11) is 0. The molecule has 0 bridgehead atoms. The van der Waals surface area contributed by atoms with Gasteiger partial charge in [0.05, 0.1) is 18.7 Å². The van der Waals surface area contributed by atoms with E-state index >= 15 is 0 Å². The highest BCUT2D eigenvalue weighted by Gasteiger charge is 2.26. The fourth-order valence-electron chi connectivity index (χ4n) is 3.89. The van der Waals surface area contributed by atoms with E-state index in [9.17, 15) is 4.79 Å². The van der Waals surface area contributed by atoms with Gasteiger partial charge in [0.1, 0.15) is 17.6 Å². The lowest BCUT2D eigenvalue weighted by atomic mass is 10.1. The number of anilines is 1. The average Bonchev–Trinajstić information content (AvgIpc) is 3.38. The van der Waals surface area contributed by atoms with E-state index in [-0.39, 0.29) is 18.1 Å². The molecule has 2 atom stereocenters. The van der Waals surface area contributed by atoms with Gasteiger partial charge in [0.2, 0.25) is 5.91 Å². The summed E-state index contributed by atoms with van der Waals surface area (Å²) in [4.78, 5) is 13.6. The van der Waals surface area contributed by atoms with E-state index in [2.05, 4.69) is 35.3 Å². The molecule has 0 unspecified atom stereocenters. The van der Waals surface area contributed by atoms with Crippen LogP contribution in [-0.2, 0) is 4.79 Å². The molecule has 1 aliphatic carbocycles.